The van der Waals surface area contributed by atoms with Gasteiger partial charge in [0.15, 0.2) is 0 Å². The third kappa shape index (κ3) is 2.68. The Morgan fingerprint density at radius 2 is 2.00 bits per heavy atom. The number of nitriles is 1. The van der Waals surface area contributed by atoms with Crippen molar-refractivity contribution in [3.8, 4) is 6.07 Å². The lowest BCUT2D eigenvalue weighted by Crippen LogP contribution is -2.03. The van der Waals surface area contributed by atoms with Gasteiger partial charge in [-0.1, -0.05) is 0 Å². The second-order valence-corrected chi connectivity index (χ2v) is 5.27. The molecule has 0 atom stereocenters. The number of anilines is 1. The van der Waals surface area contributed by atoms with Gasteiger partial charge in [-0.25, -0.2) is 8.78 Å². The van der Waals surface area contributed by atoms with E-state index in [1.165, 1.54) is 0 Å². The third-order valence-electron chi connectivity index (χ3n) is 3.23. The highest BCUT2D eigenvalue weighted by molar-refractivity contribution is 9.10. The van der Waals surface area contributed by atoms with Crippen LogP contribution < -0.4 is 5.32 Å². The fourth-order valence-corrected chi connectivity index (χ4v) is 2.21. The van der Waals surface area contributed by atoms with E-state index in [1.54, 1.807) is 17.7 Å². The Hall–Kier alpha value is -1.87. The number of benzene rings is 1. The molecule has 1 heterocycles. The van der Waals surface area contributed by atoms with Crippen LogP contribution in [0.4, 0.5) is 14.5 Å². The minimum atomic E-state index is -0.535. The molecular weight excluding hydrogens is 328 g/mol. The van der Waals surface area contributed by atoms with Crippen LogP contribution in [0.25, 0.3) is 0 Å². The summed E-state index contributed by atoms with van der Waals surface area (Å²) < 4.78 is 28.9. The summed E-state index contributed by atoms with van der Waals surface area (Å²) in [6.07, 6.45) is 0. The molecule has 0 aliphatic carbocycles. The van der Waals surface area contributed by atoms with Crippen LogP contribution in [0.5, 0.6) is 0 Å². The van der Waals surface area contributed by atoms with Crippen LogP contribution in [0.1, 0.15) is 17.0 Å². The fourth-order valence-electron chi connectivity index (χ4n) is 1.90. The first-order valence-corrected chi connectivity index (χ1v) is 6.67. The molecule has 0 aliphatic rings. The first kappa shape index (κ1) is 14.5. The van der Waals surface area contributed by atoms with Gasteiger partial charge in [0.2, 0.25) is 0 Å². The maximum absolute atomic E-state index is 13.7. The van der Waals surface area contributed by atoms with Crippen LogP contribution in [0.3, 0.4) is 0 Å². The molecule has 1 aromatic carbocycles. The summed E-state index contributed by atoms with van der Waals surface area (Å²) in [5.74, 6) is -1.07. The van der Waals surface area contributed by atoms with Gasteiger partial charge in [0.1, 0.15) is 23.4 Å². The van der Waals surface area contributed by atoms with Crippen molar-refractivity contribution in [3.63, 3.8) is 0 Å². The van der Waals surface area contributed by atoms with E-state index >= 15 is 0 Å². The van der Waals surface area contributed by atoms with Gasteiger partial charge in [-0.05, 0) is 40.5 Å². The number of hydrogen-bond donors (Lipinski definition) is 1. The normalized spacial score (nSPS) is 10.4. The number of aromatic nitrogens is 1. The Bertz CT molecular complexity index is 701. The Kier molecular flexibility index (Phi) is 4.09. The lowest BCUT2D eigenvalue weighted by molar-refractivity contribution is 0.596. The topological polar surface area (TPSA) is 40.8 Å². The zero-order valence-corrected chi connectivity index (χ0v) is 12.6. The van der Waals surface area contributed by atoms with E-state index in [0.29, 0.717) is 12.2 Å². The number of nitrogens with zero attached hydrogens (tertiary/aromatic N) is 2. The first-order chi connectivity index (χ1) is 9.43. The summed E-state index contributed by atoms with van der Waals surface area (Å²) in [6, 6.07) is 5.99. The van der Waals surface area contributed by atoms with Crippen molar-refractivity contribution in [1.82, 2.24) is 4.57 Å². The maximum Gasteiger partial charge on any atom is 0.147 e. The predicted octanol–water partition coefficient (Wildman–Crippen LogP) is 3.86. The van der Waals surface area contributed by atoms with Crippen molar-refractivity contribution in [2.75, 3.05) is 5.32 Å². The highest BCUT2D eigenvalue weighted by atomic mass is 79.9. The quantitative estimate of drug-likeness (QED) is 0.862. The van der Waals surface area contributed by atoms with Gasteiger partial charge in [0.25, 0.3) is 0 Å². The van der Waals surface area contributed by atoms with Gasteiger partial charge in [0, 0.05) is 25.4 Å². The monoisotopic (exact) mass is 339 g/mol. The number of rotatable bonds is 3. The molecule has 0 amide bonds. The molecule has 104 valence electrons. The molecule has 6 heteroatoms. The van der Waals surface area contributed by atoms with Crippen LogP contribution in [0.2, 0.25) is 0 Å². The Morgan fingerprint density at radius 1 is 1.30 bits per heavy atom. The van der Waals surface area contributed by atoms with Gasteiger partial charge in [-0.15, -0.1) is 0 Å². The average Bonchev–Trinajstić information content (AvgIpc) is 2.69. The van der Waals surface area contributed by atoms with E-state index in [4.69, 9.17) is 5.26 Å². The maximum atomic E-state index is 13.7. The van der Waals surface area contributed by atoms with Crippen LogP contribution in [-0.4, -0.2) is 4.57 Å². The van der Waals surface area contributed by atoms with Crippen molar-refractivity contribution in [3.05, 3.63) is 51.3 Å². The van der Waals surface area contributed by atoms with Gasteiger partial charge in [0.05, 0.1) is 10.2 Å². The van der Waals surface area contributed by atoms with Gasteiger partial charge in [-0.2, -0.15) is 5.26 Å². The van der Waals surface area contributed by atoms with Crippen LogP contribution in [-0.2, 0) is 13.6 Å². The van der Waals surface area contributed by atoms with Crippen LogP contribution in [0.15, 0.2) is 22.7 Å². The third-order valence-corrected chi connectivity index (χ3v) is 3.84. The summed E-state index contributed by atoms with van der Waals surface area (Å²) in [6.45, 7) is 2.19. The van der Waals surface area contributed by atoms with E-state index in [2.05, 4.69) is 27.3 Å². The molecule has 0 radical (unpaired) electrons. The SMILES string of the molecule is Cc1c(CNc2cc(F)c(Br)cc2F)cc(C#N)n1C. The summed E-state index contributed by atoms with van der Waals surface area (Å²) in [5.41, 5.74) is 2.40. The Labute approximate surface area is 124 Å². The zero-order chi connectivity index (χ0) is 14.9. The van der Waals surface area contributed by atoms with Crippen molar-refractivity contribution in [2.24, 2.45) is 7.05 Å². The highest BCUT2D eigenvalue weighted by Gasteiger charge is 2.11. The van der Waals surface area contributed by atoms with Crippen LogP contribution >= 0.6 is 15.9 Å². The minimum Gasteiger partial charge on any atom is -0.378 e. The van der Waals surface area contributed by atoms with E-state index in [0.717, 1.165) is 23.4 Å². The lowest BCUT2D eigenvalue weighted by Gasteiger charge is -2.09. The van der Waals surface area contributed by atoms with Crippen molar-refractivity contribution >= 4 is 21.6 Å². The first-order valence-electron chi connectivity index (χ1n) is 5.87. The molecule has 0 aliphatic heterocycles. The minimum absolute atomic E-state index is 0.0863. The molecule has 20 heavy (non-hydrogen) atoms. The van der Waals surface area contributed by atoms with Crippen molar-refractivity contribution in [1.29, 1.82) is 5.26 Å². The number of hydrogen-bond acceptors (Lipinski definition) is 2. The summed E-state index contributed by atoms with van der Waals surface area (Å²) in [7, 11) is 1.79. The Morgan fingerprint density at radius 3 is 2.60 bits per heavy atom. The highest BCUT2D eigenvalue weighted by Crippen LogP contribution is 2.24. The second-order valence-electron chi connectivity index (χ2n) is 4.41. The van der Waals surface area contributed by atoms with Gasteiger partial charge in [-0.3, -0.25) is 0 Å². The molecule has 1 N–H and O–H groups in total. The summed E-state index contributed by atoms with van der Waals surface area (Å²) >= 11 is 2.93. The van der Waals surface area contributed by atoms with Crippen molar-refractivity contribution in [2.45, 2.75) is 13.5 Å². The van der Waals surface area contributed by atoms with Gasteiger partial charge >= 0.3 is 0 Å². The van der Waals surface area contributed by atoms with Crippen molar-refractivity contribution < 1.29 is 8.78 Å². The predicted molar refractivity (Wildman–Crippen MR) is 76.2 cm³/mol. The summed E-state index contributed by atoms with van der Waals surface area (Å²) in [5, 5.41) is 11.8. The molecule has 0 saturated carbocycles. The average molecular weight is 340 g/mol. The molecule has 1 aromatic heterocycles. The lowest BCUT2D eigenvalue weighted by atomic mass is 10.2. The molecule has 3 nitrogen and oxygen atoms in total. The Balaban J connectivity index is 2.22. The van der Waals surface area contributed by atoms with Crippen LogP contribution in [0, 0.1) is 29.9 Å². The number of halogens is 3. The summed E-state index contributed by atoms with van der Waals surface area (Å²) in [4.78, 5) is 0. The second kappa shape index (κ2) is 5.63. The van der Waals surface area contributed by atoms with Gasteiger partial charge < -0.3 is 9.88 Å². The molecule has 2 rings (SSSR count). The molecule has 0 unspecified atom stereocenters. The molecule has 2 aromatic rings. The molecular formula is C14H12BrF2N3. The number of nitrogens with one attached hydrogen (secondary N) is 1. The fraction of sp³-hybridized carbons (Fsp3) is 0.214. The molecule has 0 spiro atoms. The smallest absolute Gasteiger partial charge is 0.147 e. The largest absolute Gasteiger partial charge is 0.378 e. The molecule has 0 bridgehead atoms. The standard InChI is InChI=1S/C14H12BrF2N3/c1-8-9(3-10(6-18)20(8)2)7-19-14-5-12(16)11(15)4-13(14)17/h3-5,19H,7H2,1-2H3. The molecule has 0 fully saturated rings. The van der Waals surface area contributed by atoms with E-state index < -0.39 is 11.6 Å². The molecule has 0 saturated heterocycles. The van der Waals surface area contributed by atoms with E-state index in [9.17, 15) is 8.78 Å². The zero-order valence-electron chi connectivity index (χ0n) is 11.0. The van der Waals surface area contributed by atoms with E-state index in [-0.39, 0.29) is 10.2 Å². The van der Waals surface area contributed by atoms with E-state index in [1.807, 2.05) is 6.92 Å².